The lowest BCUT2D eigenvalue weighted by atomic mass is 10.1. The van der Waals surface area contributed by atoms with Crippen LogP contribution in [0.15, 0.2) is 28.9 Å². The zero-order valence-electron chi connectivity index (χ0n) is 5.70. The predicted octanol–water partition coefficient (Wildman–Crippen LogP) is 2.57. The number of nitrogens with zero attached hydrogens (tertiary/aromatic N) is 3. The summed E-state index contributed by atoms with van der Waals surface area (Å²) in [7, 11) is 0. The van der Waals surface area contributed by atoms with Crippen LogP contribution in [0.1, 0.15) is 12.8 Å². The summed E-state index contributed by atoms with van der Waals surface area (Å²) >= 11 is 0. The van der Waals surface area contributed by atoms with Gasteiger partial charge in [-0.15, -0.1) is 0 Å². The summed E-state index contributed by atoms with van der Waals surface area (Å²) in [6.07, 6.45) is 8.40. The maximum atomic E-state index is 8.00. The van der Waals surface area contributed by atoms with Crippen LogP contribution < -0.4 is 0 Å². The van der Waals surface area contributed by atoms with E-state index in [-0.39, 0.29) is 0 Å². The van der Waals surface area contributed by atoms with E-state index in [0.717, 1.165) is 18.4 Å². The molecule has 0 N–H and O–H groups in total. The first-order valence-corrected chi connectivity index (χ1v) is 3.30. The number of allylic oxidation sites excluding steroid dienone is 2. The highest BCUT2D eigenvalue weighted by Crippen LogP contribution is 2.09. The van der Waals surface area contributed by atoms with Crippen LogP contribution in [-0.2, 0) is 0 Å². The SMILES string of the molecule is [N-]=[N+]=NCC1=CCCC=C1. The van der Waals surface area contributed by atoms with Crippen LogP contribution in [0.3, 0.4) is 0 Å². The molecule has 0 unspecified atom stereocenters. The van der Waals surface area contributed by atoms with Gasteiger partial charge in [0.15, 0.2) is 0 Å². The van der Waals surface area contributed by atoms with Crippen LogP contribution in [0.4, 0.5) is 0 Å². The Hall–Kier alpha value is -1.21. The highest BCUT2D eigenvalue weighted by molar-refractivity contribution is 5.23. The first-order chi connectivity index (χ1) is 4.93. The Morgan fingerprint density at radius 3 is 3.10 bits per heavy atom. The Morgan fingerprint density at radius 1 is 1.60 bits per heavy atom. The second-order valence-corrected chi connectivity index (χ2v) is 2.15. The first-order valence-electron chi connectivity index (χ1n) is 3.30. The minimum atomic E-state index is 0.493. The molecule has 0 aromatic carbocycles. The van der Waals surface area contributed by atoms with E-state index in [9.17, 15) is 0 Å². The molecular weight excluding hydrogens is 126 g/mol. The molecule has 0 spiro atoms. The molecule has 0 aromatic heterocycles. The van der Waals surface area contributed by atoms with Crippen molar-refractivity contribution in [3.05, 3.63) is 34.2 Å². The van der Waals surface area contributed by atoms with Crippen molar-refractivity contribution in [2.75, 3.05) is 6.54 Å². The van der Waals surface area contributed by atoms with Gasteiger partial charge in [-0.1, -0.05) is 23.3 Å². The van der Waals surface area contributed by atoms with E-state index in [1.54, 1.807) is 0 Å². The zero-order chi connectivity index (χ0) is 7.23. The summed E-state index contributed by atoms with van der Waals surface area (Å²) in [6, 6.07) is 0. The monoisotopic (exact) mass is 135 g/mol. The molecule has 0 amide bonds. The van der Waals surface area contributed by atoms with Gasteiger partial charge in [0, 0.05) is 4.91 Å². The zero-order valence-corrected chi connectivity index (χ0v) is 5.70. The van der Waals surface area contributed by atoms with Gasteiger partial charge in [-0.2, -0.15) is 0 Å². The Morgan fingerprint density at radius 2 is 2.50 bits per heavy atom. The Bertz CT molecular complexity index is 209. The standard InChI is InChI=1S/C7H9N3/c8-10-9-6-7-4-2-1-3-5-7/h2,4-5H,1,3,6H2. The number of azide groups is 1. The second kappa shape index (κ2) is 3.75. The van der Waals surface area contributed by atoms with Gasteiger partial charge in [-0.05, 0) is 23.9 Å². The van der Waals surface area contributed by atoms with Crippen LogP contribution in [0.25, 0.3) is 10.4 Å². The molecule has 1 aliphatic carbocycles. The van der Waals surface area contributed by atoms with Crippen LogP contribution in [-0.4, -0.2) is 6.54 Å². The van der Waals surface area contributed by atoms with E-state index in [2.05, 4.69) is 22.2 Å². The molecule has 0 atom stereocenters. The van der Waals surface area contributed by atoms with E-state index in [4.69, 9.17) is 5.53 Å². The molecule has 0 aliphatic heterocycles. The second-order valence-electron chi connectivity index (χ2n) is 2.15. The van der Waals surface area contributed by atoms with E-state index >= 15 is 0 Å². The third-order valence-electron chi connectivity index (χ3n) is 1.39. The molecule has 0 bridgehead atoms. The number of hydrogen-bond acceptors (Lipinski definition) is 1. The van der Waals surface area contributed by atoms with Crippen LogP contribution >= 0.6 is 0 Å². The molecule has 0 fully saturated rings. The highest BCUT2D eigenvalue weighted by Gasteiger charge is 1.93. The summed E-state index contributed by atoms with van der Waals surface area (Å²) in [4.78, 5) is 2.68. The van der Waals surface area contributed by atoms with Crippen molar-refractivity contribution in [3.8, 4) is 0 Å². The van der Waals surface area contributed by atoms with Crippen molar-refractivity contribution < 1.29 is 0 Å². The lowest BCUT2D eigenvalue weighted by Gasteiger charge is -2.01. The molecule has 10 heavy (non-hydrogen) atoms. The van der Waals surface area contributed by atoms with Gasteiger partial charge >= 0.3 is 0 Å². The van der Waals surface area contributed by atoms with E-state index in [0.29, 0.717) is 6.54 Å². The molecule has 3 nitrogen and oxygen atoms in total. The quantitative estimate of drug-likeness (QED) is 0.317. The van der Waals surface area contributed by atoms with Gasteiger partial charge < -0.3 is 0 Å². The van der Waals surface area contributed by atoms with Crippen molar-refractivity contribution in [2.24, 2.45) is 5.11 Å². The van der Waals surface area contributed by atoms with Crippen molar-refractivity contribution in [2.45, 2.75) is 12.8 Å². The molecule has 52 valence electrons. The third-order valence-corrected chi connectivity index (χ3v) is 1.39. The minimum Gasteiger partial charge on any atom is -0.0893 e. The molecule has 1 rings (SSSR count). The van der Waals surface area contributed by atoms with E-state index in [1.165, 1.54) is 0 Å². The summed E-state index contributed by atoms with van der Waals surface area (Å²) < 4.78 is 0. The fourth-order valence-corrected chi connectivity index (χ4v) is 0.898. The van der Waals surface area contributed by atoms with Gasteiger partial charge in [0.1, 0.15) is 0 Å². The van der Waals surface area contributed by atoms with E-state index < -0.39 is 0 Å². The predicted molar refractivity (Wildman–Crippen MR) is 40.5 cm³/mol. The maximum absolute atomic E-state index is 8.00. The lowest BCUT2D eigenvalue weighted by Crippen LogP contribution is -1.87. The van der Waals surface area contributed by atoms with Crippen LogP contribution in [0.5, 0.6) is 0 Å². The Kier molecular flexibility index (Phi) is 2.59. The summed E-state index contributed by atoms with van der Waals surface area (Å²) in [5, 5.41) is 3.46. The number of hydrogen-bond donors (Lipinski definition) is 0. The van der Waals surface area contributed by atoms with Gasteiger partial charge in [-0.3, -0.25) is 0 Å². The minimum absolute atomic E-state index is 0.493. The summed E-state index contributed by atoms with van der Waals surface area (Å²) in [6.45, 7) is 0.493. The summed E-state index contributed by atoms with van der Waals surface area (Å²) in [5.41, 5.74) is 9.13. The topological polar surface area (TPSA) is 48.8 Å². The fraction of sp³-hybridized carbons (Fsp3) is 0.429. The molecule has 0 radical (unpaired) electrons. The molecule has 0 saturated heterocycles. The van der Waals surface area contributed by atoms with Gasteiger partial charge in [0.25, 0.3) is 0 Å². The van der Waals surface area contributed by atoms with Gasteiger partial charge in [0.2, 0.25) is 0 Å². The fourth-order valence-electron chi connectivity index (χ4n) is 0.898. The third kappa shape index (κ3) is 1.96. The Balaban J connectivity index is 2.47. The van der Waals surface area contributed by atoms with Gasteiger partial charge in [0.05, 0.1) is 6.54 Å². The normalized spacial score (nSPS) is 15.8. The number of rotatable bonds is 2. The molecule has 0 saturated carbocycles. The van der Waals surface area contributed by atoms with Crippen molar-refractivity contribution in [1.29, 1.82) is 0 Å². The smallest absolute Gasteiger partial charge is 0.0507 e. The average Bonchev–Trinajstić information content (AvgIpc) is 2.03. The van der Waals surface area contributed by atoms with Gasteiger partial charge in [-0.25, -0.2) is 0 Å². The van der Waals surface area contributed by atoms with Crippen molar-refractivity contribution in [1.82, 2.24) is 0 Å². The lowest BCUT2D eigenvalue weighted by molar-refractivity contribution is 0.992. The Labute approximate surface area is 59.7 Å². The van der Waals surface area contributed by atoms with Crippen molar-refractivity contribution in [3.63, 3.8) is 0 Å². The average molecular weight is 135 g/mol. The van der Waals surface area contributed by atoms with E-state index in [1.807, 2.05) is 6.08 Å². The molecule has 0 heterocycles. The van der Waals surface area contributed by atoms with Crippen LogP contribution in [0.2, 0.25) is 0 Å². The summed E-state index contributed by atoms with van der Waals surface area (Å²) in [5.74, 6) is 0. The molecule has 1 aliphatic rings. The van der Waals surface area contributed by atoms with Crippen LogP contribution in [0, 0.1) is 0 Å². The molecular formula is C7H9N3. The van der Waals surface area contributed by atoms with Crippen molar-refractivity contribution >= 4 is 0 Å². The molecule has 3 heteroatoms. The molecule has 0 aromatic rings. The largest absolute Gasteiger partial charge is 0.0893 e. The maximum Gasteiger partial charge on any atom is 0.0507 e. The first kappa shape index (κ1) is 6.90. The highest BCUT2D eigenvalue weighted by atomic mass is 15.1.